The average molecular weight is 515 g/mol. The second kappa shape index (κ2) is 10.8. The summed E-state index contributed by atoms with van der Waals surface area (Å²) in [6, 6.07) is 9.56. The second-order valence-corrected chi connectivity index (χ2v) is 11.4. The van der Waals surface area contributed by atoms with E-state index in [-0.39, 0.29) is 29.4 Å². The number of amides is 1. The van der Waals surface area contributed by atoms with E-state index in [9.17, 15) is 31.7 Å². The minimum Gasteiger partial charge on any atom is -0.492 e. The Hall–Kier alpha value is -3.23. The van der Waals surface area contributed by atoms with Gasteiger partial charge in [0.2, 0.25) is 26.0 Å². The van der Waals surface area contributed by atoms with Crippen molar-refractivity contribution in [3.05, 3.63) is 58.6 Å². The Morgan fingerprint density at radius 2 is 1.74 bits per heavy atom. The molecule has 34 heavy (non-hydrogen) atoms. The Bertz CT molecular complexity index is 1250. The molecule has 0 saturated carbocycles. The van der Waals surface area contributed by atoms with Crippen LogP contribution in [-0.4, -0.2) is 71.5 Å². The lowest BCUT2D eigenvalue weighted by atomic mass is 10.2. The van der Waals surface area contributed by atoms with Crippen LogP contribution in [0, 0.1) is 10.1 Å². The minimum atomic E-state index is -3.93. The third-order valence-corrected chi connectivity index (χ3v) is 7.73. The molecule has 0 aliphatic carbocycles. The molecule has 0 unspecified atom stereocenters. The molecular formula is C20H26N4O8S2. The van der Waals surface area contributed by atoms with E-state index in [2.05, 4.69) is 5.32 Å². The van der Waals surface area contributed by atoms with Gasteiger partial charge in [0.05, 0.1) is 28.3 Å². The van der Waals surface area contributed by atoms with Crippen LogP contribution >= 0.6 is 0 Å². The van der Waals surface area contributed by atoms with Gasteiger partial charge in [0, 0.05) is 26.2 Å². The van der Waals surface area contributed by atoms with Crippen molar-refractivity contribution in [2.75, 3.05) is 37.8 Å². The Kier molecular flexibility index (Phi) is 8.58. The van der Waals surface area contributed by atoms with E-state index in [0.29, 0.717) is 5.75 Å². The third-order valence-electron chi connectivity index (χ3n) is 4.66. The van der Waals surface area contributed by atoms with Crippen molar-refractivity contribution in [2.45, 2.75) is 17.9 Å². The number of nitrogens with one attached hydrogen (secondary N) is 1. The first-order valence-corrected chi connectivity index (χ1v) is 13.2. The standard InChI is InChI=1S/C20H26N4O8S2/c1-15(23(33(4,28)29)16-6-5-7-17(14-16)24(26)27)20(25)21-12-13-32-18-8-10-19(11-9-18)34(30,31)22(2)3/h5-11,14-15H,12-13H2,1-4H3,(H,21,25)/t15-/m1/s1. The van der Waals surface area contributed by atoms with Crippen LogP contribution in [0.2, 0.25) is 0 Å². The molecule has 1 amide bonds. The van der Waals surface area contributed by atoms with Crippen LogP contribution in [0.25, 0.3) is 0 Å². The maximum Gasteiger partial charge on any atom is 0.271 e. The normalized spacial score (nSPS) is 12.7. The van der Waals surface area contributed by atoms with E-state index in [1.165, 1.54) is 63.5 Å². The number of sulfonamides is 2. The molecule has 0 heterocycles. The number of benzene rings is 2. The molecule has 0 aliphatic heterocycles. The molecular weight excluding hydrogens is 488 g/mol. The number of nitrogens with zero attached hydrogens (tertiary/aromatic N) is 3. The van der Waals surface area contributed by atoms with Crippen molar-refractivity contribution in [1.29, 1.82) is 0 Å². The van der Waals surface area contributed by atoms with Gasteiger partial charge in [-0.25, -0.2) is 21.1 Å². The summed E-state index contributed by atoms with van der Waals surface area (Å²) in [6.45, 7) is 1.43. The van der Waals surface area contributed by atoms with E-state index in [4.69, 9.17) is 4.74 Å². The van der Waals surface area contributed by atoms with Crippen molar-refractivity contribution < 1.29 is 31.3 Å². The van der Waals surface area contributed by atoms with E-state index < -0.39 is 36.9 Å². The molecule has 0 radical (unpaired) electrons. The summed E-state index contributed by atoms with van der Waals surface area (Å²) in [7, 11) is -4.65. The Balaban J connectivity index is 2.00. The summed E-state index contributed by atoms with van der Waals surface area (Å²) < 4.78 is 56.2. The SMILES string of the molecule is C[C@H](C(=O)NCCOc1ccc(S(=O)(=O)N(C)C)cc1)N(c1cccc([N+](=O)[O-])c1)S(C)(=O)=O. The van der Waals surface area contributed by atoms with Crippen molar-refractivity contribution >= 4 is 37.3 Å². The van der Waals surface area contributed by atoms with Gasteiger partial charge in [-0.3, -0.25) is 19.2 Å². The lowest BCUT2D eigenvalue weighted by Gasteiger charge is -2.28. The fraction of sp³-hybridized carbons (Fsp3) is 0.350. The second-order valence-electron chi connectivity index (χ2n) is 7.41. The number of rotatable bonds is 11. The van der Waals surface area contributed by atoms with Crippen LogP contribution in [0.3, 0.4) is 0 Å². The monoisotopic (exact) mass is 514 g/mol. The first-order chi connectivity index (χ1) is 15.7. The molecule has 0 aromatic heterocycles. The molecule has 0 spiro atoms. The first kappa shape index (κ1) is 27.0. The van der Waals surface area contributed by atoms with Crippen LogP contribution in [0.4, 0.5) is 11.4 Å². The maximum absolute atomic E-state index is 12.6. The van der Waals surface area contributed by atoms with Gasteiger partial charge in [-0.2, -0.15) is 0 Å². The highest BCUT2D eigenvalue weighted by Gasteiger charge is 2.30. The molecule has 2 aromatic rings. The van der Waals surface area contributed by atoms with E-state index in [1.54, 1.807) is 0 Å². The lowest BCUT2D eigenvalue weighted by Crippen LogP contribution is -2.48. The largest absolute Gasteiger partial charge is 0.492 e. The fourth-order valence-electron chi connectivity index (χ4n) is 2.96. The Morgan fingerprint density at radius 3 is 2.26 bits per heavy atom. The van der Waals surface area contributed by atoms with Gasteiger partial charge in [0.25, 0.3) is 5.69 Å². The number of carbonyl (C=O) groups excluding carboxylic acids is 1. The molecule has 0 saturated heterocycles. The number of carbonyl (C=O) groups is 1. The Morgan fingerprint density at radius 1 is 1.12 bits per heavy atom. The summed E-state index contributed by atoms with van der Waals surface area (Å²) in [5.74, 6) is -0.248. The summed E-state index contributed by atoms with van der Waals surface area (Å²) in [5, 5.41) is 13.6. The highest BCUT2D eigenvalue weighted by Crippen LogP contribution is 2.25. The molecule has 186 valence electrons. The van der Waals surface area contributed by atoms with Gasteiger partial charge in [0.15, 0.2) is 0 Å². The number of hydrogen-bond donors (Lipinski definition) is 1. The molecule has 14 heteroatoms. The summed E-state index contributed by atoms with van der Waals surface area (Å²) >= 11 is 0. The fourth-order valence-corrected chi connectivity index (χ4v) is 5.03. The smallest absolute Gasteiger partial charge is 0.271 e. The zero-order valence-electron chi connectivity index (χ0n) is 19.0. The van der Waals surface area contributed by atoms with Gasteiger partial charge in [-0.15, -0.1) is 0 Å². The quantitative estimate of drug-likeness (QED) is 0.266. The van der Waals surface area contributed by atoms with Gasteiger partial charge in [-0.05, 0) is 37.3 Å². The third kappa shape index (κ3) is 6.65. The van der Waals surface area contributed by atoms with Gasteiger partial charge in [-0.1, -0.05) is 6.07 Å². The average Bonchev–Trinajstić information content (AvgIpc) is 2.76. The zero-order chi connectivity index (χ0) is 25.7. The van der Waals surface area contributed by atoms with Gasteiger partial charge in [0.1, 0.15) is 18.4 Å². The number of nitro benzene ring substituents is 1. The molecule has 1 N–H and O–H groups in total. The molecule has 12 nitrogen and oxygen atoms in total. The van der Waals surface area contributed by atoms with Gasteiger partial charge < -0.3 is 10.1 Å². The molecule has 2 aromatic carbocycles. The molecule has 0 bridgehead atoms. The summed E-state index contributed by atoms with van der Waals surface area (Å²) in [6.07, 6.45) is 0.902. The predicted molar refractivity (Wildman–Crippen MR) is 126 cm³/mol. The van der Waals surface area contributed by atoms with E-state index in [1.807, 2.05) is 0 Å². The minimum absolute atomic E-state index is 0.0108. The van der Waals surface area contributed by atoms with E-state index in [0.717, 1.165) is 20.9 Å². The molecule has 2 rings (SSSR count). The molecule has 0 aliphatic rings. The number of hydrogen-bond acceptors (Lipinski definition) is 8. The highest BCUT2D eigenvalue weighted by molar-refractivity contribution is 7.92. The number of non-ortho nitro benzene ring substituents is 1. The van der Waals surface area contributed by atoms with Crippen molar-refractivity contribution in [1.82, 2.24) is 9.62 Å². The summed E-state index contributed by atoms with van der Waals surface area (Å²) in [4.78, 5) is 23.1. The predicted octanol–water partition coefficient (Wildman–Crippen LogP) is 1.19. The van der Waals surface area contributed by atoms with Crippen LogP contribution in [0.15, 0.2) is 53.4 Å². The van der Waals surface area contributed by atoms with E-state index >= 15 is 0 Å². The van der Waals surface area contributed by atoms with Crippen LogP contribution < -0.4 is 14.4 Å². The first-order valence-electron chi connectivity index (χ1n) is 9.92. The van der Waals surface area contributed by atoms with Crippen LogP contribution in [0.1, 0.15) is 6.92 Å². The van der Waals surface area contributed by atoms with Gasteiger partial charge >= 0.3 is 0 Å². The lowest BCUT2D eigenvalue weighted by molar-refractivity contribution is -0.384. The van der Waals surface area contributed by atoms with Crippen molar-refractivity contribution in [3.63, 3.8) is 0 Å². The number of anilines is 1. The van der Waals surface area contributed by atoms with Crippen LogP contribution in [-0.2, 0) is 24.8 Å². The zero-order valence-corrected chi connectivity index (χ0v) is 20.7. The Labute approximate surface area is 198 Å². The molecule has 0 fully saturated rings. The number of nitro groups is 1. The van der Waals surface area contributed by atoms with Crippen LogP contribution in [0.5, 0.6) is 5.75 Å². The van der Waals surface area contributed by atoms with Crippen molar-refractivity contribution in [2.24, 2.45) is 0 Å². The molecule has 1 atom stereocenters. The maximum atomic E-state index is 12.6. The number of ether oxygens (including phenoxy) is 1. The topological polar surface area (TPSA) is 156 Å². The highest BCUT2D eigenvalue weighted by atomic mass is 32.2. The summed E-state index contributed by atoms with van der Waals surface area (Å²) in [5.41, 5.74) is -0.320. The van der Waals surface area contributed by atoms with Crippen molar-refractivity contribution in [3.8, 4) is 5.75 Å².